The molecule has 0 saturated carbocycles. The molecule has 2 aromatic carbocycles. The Kier molecular flexibility index (Phi) is 3.69. The zero-order valence-corrected chi connectivity index (χ0v) is 12.8. The minimum atomic E-state index is -0.918. The molecule has 0 aliphatic rings. The predicted molar refractivity (Wildman–Crippen MR) is 81.6 cm³/mol. The van der Waals surface area contributed by atoms with Gasteiger partial charge in [-0.15, -0.1) is 11.3 Å². The lowest BCUT2D eigenvalue weighted by Gasteiger charge is -2.07. The summed E-state index contributed by atoms with van der Waals surface area (Å²) in [5.74, 6) is -2.67. The van der Waals surface area contributed by atoms with Crippen LogP contribution in [0.2, 0.25) is 0 Å². The highest BCUT2D eigenvalue weighted by atomic mass is 79.9. The van der Waals surface area contributed by atoms with Gasteiger partial charge in [0.15, 0.2) is 0 Å². The molecule has 1 aromatic heterocycles. The number of benzene rings is 2. The lowest BCUT2D eigenvalue weighted by Crippen LogP contribution is -2.15. The van der Waals surface area contributed by atoms with Gasteiger partial charge in [0.2, 0.25) is 0 Å². The summed E-state index contributed by atoms with van der Waals surface area (Å²) in [7, 11) is 0. The summed E-state index contributed by atoms with van der Waals surface area (Å²) >= 11 is 4.38. The number of thiazole rings is 1. The number of halogens is 3. The average molecular weight is 369 g/mol. The summed E-state index contributed by atoms with van der Waals surface area (Å²) < 4.78 is 28.6. The molecule has 3 nitrogen and oxygen atoms in total. The standard InChI is InChI=1S/C14H7BrF2N2OS/c15-7-3-9(16)13(10(17)4-7)14(20)19-8-1-2-11-12(5-8)21-6-18-11/h1-6H,(H,19,20). The van der Waals surface area contributed by atoms with Crippen molar-refractivity contribution in [3.05, 3.63) is 57.5 Å². The second kappa shape index (κ2) is 5.50. The Labute approximate surface area is 130 Å². The first-order valence-corrected chi connectivity index (χ1v) is 7.51. The van der Waals surface area contributed by atoms with E-state index < -0.39 is 23.1 Å². The fraction of sp³-hybridized carbons (Fsp3) is 0. The molecule has 0 aliphatic heterocycles. The van der Waals surface area contributed by atoms with Crippen molar-refractivity contribution in [2.45, 2.75) is 0 Å². The molecule has 0 spiro atoms. The van der Waals surface area contributed by atoms with E-state index in [0.29, 0.717) is 5.69 Å². The first-order valence-electron chi connectivity index (χ1n) is 5.84. The normalized spacial score (nSPS) is 10.8. The van der Waals surface area contributed by atoms with E-state index in [-0.39, 0.29) is 4.47 Å². The van der Waals surface area contributed by atoms with E-state index in [9.17, 15) is 13.6 Å². The molecule has 0 unspecified atom stereocenters. The largest absolute Gasteiger partial charge is 0.322 e. The summed E-state index contributed by atoms with van der Waals surface area (Å²) in [6.07, 6.45) is 0. The van der Waals surface area contributed by atoms with Gasteiger partial charge in [0.05, 0.1) is 15.7 Å². The van der Waals surface area contributed by atoms with Gasteiger partial charge in [0, 0.05) is 10.2 Å². The number of fused-ring (bicyclic) bond motifs is 1. The summed E-state index contributed by atoms with van der Waals surface area (Å²) in [5.41, 5.74) is 2.34. The van der Waals surface area contributed by atoms with E-state index in [1.165, 1.54) is 11.3 Å². The van der Waals surface area contributed by atoms with E-state index in [4.69, 9.17) is 0 Å². The van der Waals surface area contributed by atoms with Crippen LogP contribution < -0.4 is 5.32 Å². The van der Waals surface area contributed by atoms with Gasteiger partial charge in [0.1, 0.15) is 17.2 Å². The van der Waals surface area contributed by atoms with Crippen LogP contribution in [-0.2, 0) is 0 Å². The van der Waals surface area contributed by atoms with Gasteiger partial charge in [-0.25, -0.2) is 13.8 Å². The third kappa shape index (κ3) is 2.79. The maximum absolute atomic E-state index is 13.7. The van der Waals surface area contributed by atoms with Crippen molar-refractivity contribution < 1.29 is 13.6 Å². The van der Waals surface area contributed by atoms with Crippen LogP contribution in [0.3, 0.4) is 0 Å². The SMILES string of the molecule is O=C(Nc1ccc2ncsc2c1)c1c(F)cc(Br)cc1F. The number of anilines is 1. The van der Waals surface area contributed by atoms with Crippen LogP contribution in [0.4, 0.5) is 14.5 Å². The van der Waals surface area contributed by atoms with Crippen LogP contribution >= 0.6 is 27.3 Å². The molecule has 7 heteroatoms. The molecule has 3 rings (SSSR count). The Morgan fingerprint density at radius 1 is 1.19 bits per heavy atom. The van der Waals surface area contributed by atoms with Crippen LogP contribution in [0.5, 0.6) is 0 Å². The molecule has 1 amide bonds. The van der Waals surface area contributed by atoms with Gasteiger partial charge in [-0.2, -0.15) is 0 Å². The van der Waals surface area contributed by atoms with Gasteiger partial charge in [-0.05, 0) is 30.3 Å². The third-order valence-corrected chi connectivity index (χ3v) is 4.07. The minimum Gasteiger partial charge on any atom is -0.322 e. The van der Waals surface area contributed by atoms with Gasteiger partial charge < -0.3 is 5.32 Å². The fourth-order valence-corrected chi connectivity index (χ4v) is 3.00. The Balaban J connectivity index is 1.92. The summed E-state index contributed by atoms with van der Waals surface area (Å²) in [4.78, 5) is 16.1. The maximum Gasteiger partial charge on any atom is 0.261 e. The summed E-state index contributed by atoms with van der Waals surface area (Å²) in [5, 5.41) is 2.49. The first kappa shape index (κ1) is 14.1. The molecule has 106 valence electrons. The Morgan fingerprint density at radius 2 is 1.90 bits per heavy atom. The van der Waals surface area contributed by atoms with Crippen LogP contribution in [0.1, 0.15) is 10.4 Å². The lowest BCUT2D eigenvalue weighted by atomic mass is 10.1. The smallest absolute Gasteiger partial charge is 0.261 e. The van der Waals surface area contributed by atoms with Crippen molar-refractivity contribution in [1.29, 1.82) is 0 Å². The lowest BCUT2D eigenvalue weighted by molar-refractivity contribution is 0.101. The summed E-state index contributed by atoms with van der Waals surface area (Å²) in [6.45, 7) is 0. The molecule has 0 saturated heterocycles. The number of rotatable bonds is 2. The molecule has 0 radical (unpaired) electrons. The molecule has 3 aromatic rings. The molecule has 0 aliphatic carbocycles. The highest BCUT2D eigenvalue weighted by molar-refractivity contribution is 9.10. The molecule has 1 N–H and O–H groups in total. The second-order valence-electron chi connectivity index (χ2n) is 4.23. The van der Waals surface area contributed by atoms with Crippen LogP contribution in [0.15, 0.2) is 40.3 Å². The highest BCUT2D eigenvalue weighted by Gasteiger charge is 2.18. The van der Waals surface area contributed by atoms with Crippen molar-refractivity contribution in [1.82, 2.24) is 4.98 Å². The Hall–Kier alpha value is -1.86. The van der Waals surface area contributed by atoms with Crippen molar-refractivity contribution >= 4 is 49.1 Å². The van der Waals surface area contributed by atoms with E-state index in [2.05, 4.69) is 26.2 Å². The number of aromatic nitrogens is 1. The summed E-state index contributed by atoms with van der Waals surface area (Å²) in [6, 6.07) is 7.17. The molecule has 0 bridgehead atoms. The molecule has 0 fully saturated rings. The monoisotopic (exact) mass is 368 g/mol. The molecule has 0 atom stereocenters. The quantitative estimate of drug-likeness (QED) is 0.718. The Morgan fingerprint density at radius 3 is 2.62 bits per heavy atom. The number of carbonyl (C=O) groups is 1. The van der Waals surface area contributed by atoms with E-state index in [0.717, 1.165) is 22.3 Å². The highest BCUT2D eigenvalue weighted by Crippen LogP contribution is 2.24. The number of nitrogens with one attached hydrogen (secondary N) is 1. The number of amides is 1. The van der Waals surface area contributed by atoms with Crippen molar-refractivity contribution in [3.63, 3.8) is 0 Å². The molecule has 21 heavy (non-hydrogen) atoms. The predicted octanol–water partition coefficient (Wildman–Crippen LogP) is 4.59. The van der Waals surface area contributed by atoms with Gasteiger partial charge in [-0.1, -0.05) is 15.9 Å². The van der Waals surface area contributed by atoms with Crippen LogP contribution in [0.25, 0.3) is 10.2 Å². The van der Waals surface area contributed by atoms with Crippen molar-refractivity contribution in [2.24, 2.45) is 0 Å². The Bertz CT molecular complexity index is 827. The van der Waals surface area contributed by atoms with Crippen LogP contribution in [-0.4, -0.2) is 10.9 Å². The van der Waals surface area contributed by atoms with Gasteiger partial charge >= 0.3 is 0 Å². The fourth-order valence-electron chi connectivity index (χ4n) is 1.89. The van der Waals surface area contributed by atoms with E-state index in [1.54, 1.807) is 23.7 Å². The number of nitrogens with zero attached hydrogens (tertiary/aromatic N) is 1. The first-order chi connectivity index (χ1) is 10.0. The average Bonchev–Trinajstić information content (AvgIpc) is 2.84. The number of hydrogen-bond acceptors (Lipinski definition) is 3. The van der Waals surface area contributed by atoms with Gasteiger partial charge in [-0.3, -0.25) is 4.79 Å². The molecular formula is C14H7BrF2N2OS. The minimum absolute atomic E-state index is 0.236. The van der Waals surface area contributed by atoms with Gasteiger partial charge in [0.25, 0.3) is 5.91 Å². The van der Waals surface area contributed by atoms with Crippen LogP contribution in [0, 0.1) is 11.6 Å². The zero-order valence-electron chi connectivity index (χ0n) is 10.4. The maximum atomic E-state index is 13.7. The van der Waals surface area contributed by atoms with E-state index >= 15 is 0 Å². The van der Waals surface area contributed by atoms with Crippen molar-refractivity contribution in [3.8, 4) is 0 Å². The topological polar surface area (TPSA) is 42.0 Å². The zero-order chi connectivity index (χ0) is 15.0. The molecule has 1 heterocycles. The van der Waals surface area contributed by atoms with Crippen molar-refractivity contribution in [2.75, 3.05) is 5.32 Å². The second-order valence-corrected chi connectivity index (χ2v) is 6.04. The molecular weight excluding hydrogens is 362 g/mol. The van der Waals surface area contributed by atoms with E-state index in [1.807, 2.05) is 0 Å². The number of hydrogen-bond donors (Lipinski definition) is 1. The third-order valence-electron chi connectivity index (χ3n) is 2.82. The number of carbonyl (C=O) groups excluding carboxylic acids is 1.